The van der Waals surface area contributed by atoms with Crippen LogP contribution in [0.4, 0.5) is 20.6 Å². The molecule has 0 unspecified atom stereocenters. The molecule has 0 aromatic heterocycles. The predicted molar refractivity (Wildman–Crippen MR) is 192 cm³/mol. The zero-order chi connectivity index (χ0) is 40.7. The Bertz CT molecular complexity index is 2030. The number of hydrogen-bond acceptors (Lipinski definition) is 14. The van der Waals surface area contributed by atoms with Gasteiger partial charge in [-0.3, -0.25) is 29.0 Å². The zero-order valence-electron chi connectivity index (χ0n) is 30.7. The molecule has 17 nitrogen and oxygen atoms in total. The van der Waals surface area contributed by atoms with Gasteiger partial charge < -0.3 is 45.9 Å². The predicted octanol–water partition coefficient (Wildman–Crippen LogP) is 1.77. The van der Waals surface area contributed by atoms with Crippen molar-refractivity contribution >= 4 is 52.6 Å². The van der Waals surface area contributed by atoms with Gasteiger partial charge in [-0.05, 0) is 75.2 Å². The Morgan fingerprint density at radius 2 is 1.69 bits per heavy atom. The second-order valence-electron chi connectivity index (χ2n) is 13.9. The maximum Gasteiger partial charge on any atom is 0.413 e. The lowest BCUT2D eigenvalue weighted by atomic mass is 9.57. The molecule has 1 saturated carbocycles. The normalized spacial score (nSPS) is 21.7. The fraction of sp³-hybridized carbons (Fsp3) is 0.405. The Morgan fingerprint density at radius 3 is 2.27 bits per heavy atom. The minimum absolute atomic E-state index is 0.0185. The zero-order valence-corrected chi connectivity index (χ0v) is 30.7. The first-order valence-corrected chi connectivity index (χ1v) is 17.2. The van der Waals surface area contributed by atoms with E-state index in [0.717, 1.165) is 17.0 Å². The van der Waals surface area contributed by atoms with Crippen molar-refractivity contribution in [3.8, 4) is 5.75 Å². The number of ether oxygens (including phenoxy) is 2. The van der Waals surface area contributed by atoms with E-state index in [1.165, 1.54) is 37.2 Å². The smallest absolute Gasteiger partial charge is 0.413 e. The lowest BCUT2D eigenvalue weighted by Gasteiger charge is -2.50. The molecule has 2 aromatic rings. The van der Waals surface area contributed by atoms with E-state index in [2.05, 4.69) is 5.32 Å². The third kappa shape index (κ3) is 7.17. The second-order valence-corrected chi connectivity index (χ2v) is 13.9. The van der Waals surface area contributed by atoms with Gasteiger partial charge in [0.15, 0.2) is 11.4 Å². The van der Waals surface area contributed by atoms with Gasteiger partial charge in [-0.1, -0.05) is 6.92 Å². The molecule has 2 aromatic carbocycles. The van der Waals surface area contributed by atoms with Crippen molar-refractivity contribution in [3.63, 3.8) is 0 Å². The number of aliphatic hydroxyl groups excluding tert-OH is 2. The highest BCUT2D eigenvalue weighted by atomic mass is 19.1. The summed E-state index contributed by atoms with van der Waals surface area (Å²) in [4.78, 5) is 82.3. The van der Waals surface area contributed by atoms with Crippen LogP contribution in [0.25, 0.3) is 5.76 Å². The Labute approximate surface area is 314 Å². The summed E-state index contributed by atoms with van der Waals surface area (Å²) >= 11 is 0. The highest BCUT2D eigenvalue weighted by Crippen LogP contribution is 2.54. The number of aliphatic hydroxyl groups is 3. The summed E-state index contributed by atoms with van der Waals surface area (Å²) in [5.41, 5.74) is 1.61. The number of fused-ring (bicyclic) bond motifs is 3. The molecule has 0 bridgehead atoms. The third-order valence-electron chi connectivity index (χ3n) is 9.99. The van der Waals surface area contributed by atoms with Gasteiger partial charge in [-0.2, -0.15) is 0 Å². The van der Waals surface area contributed by atoms with Gasteiger partial charge in [-0.15, -0.1) is 0 Å². The van der Waals surface area contributed by atoms with Crippen LogP contribution in [0.15, 0.2) is 47.2 Å². The van der Waals surface area contributed by atoms with E-state index < -0.39 is 101 Å². The van der Waals surface area contributed by atoms with Crippen LogP contribution in [0.2, 0.25) is 0 Å². The number of phenolic OH excluding ortho intramolecular Hbond substituents is 1. The fourth-order valence-electron chi connectivity index (χ4n) is 7.55. The summed E-state index contributed by atoms with van der Waals surface area (Å²) in [6.07, 6.45) is -0.699. The molecule has 7 N–H and O–H groups in total. The number of benzene rings is 2. The fourth-order valence-corrected chi connectivity index (χ4v) is 7.55. The molecule has 5 rings (SSSR count). The number of Topliss-reactive ketones (excluding diaryl/α,β-unsaturated/α-hetero) is 2. The Hall–Kier alpha value is -6.01. The maximum absolute atomic E-state index is 14.2. The van der Waals surface area contributed by atoms with E-state index in [-0.39, 0.29) is 41.8 Å². The number of hydrogen-bond donors (Lipinski definition) is 6. The van der Waals surface area contributed by atoms with E-state index in [4.69, 9.17) is 15.2 Å². The summed E-state index contributed by atoms with van der Waals surface area (Å²) in [5.74, 6) is -10.3. The Kier molecular flexibility index (Phi) is 11.2. The molecule has 55 heavy (non-hydrogen) atoms. The number of nitrogens with two attached hydrogens (primary N) is 1. The van der Waals surface area contributed by atoms with Crippen LogP contribution in [0, 0.1) is 17.7 Å². The largest absolute Gasteiger partial charge is 0.508 e. The summed E-state index contributed by atoms with van der Waals surface area (Å²) < 4.78 is 23.1. The molecule has 294 valence electrons. The number of nitrogens with one attached hydrogen (secondary N) is 1. The minimum Gasteiger partial charge on any atom is -0.508 e. The lowest BCUT2D eigenvalue weighted by Crippen LogP contribution is -2.65. The number of ketones is 2. The standard InChI is InChI=1S/C37H42FN5O12/c1-6-11-43(36(52)55-16-54-35(51)17-7-9-19(38)10-8-17)15-24(44)40-22-14-23(41(2)3)20-12-18-13-21-28(42(4)5)31(47)27(34(39)50)33(49)37(21,53)32(48)25(18)30(46)26(20)29(22)45/h7-10,14,18,21,28,45-46,49,53H,6,11-13,15-16H2,1-5H3,(H2,39,50)(H,40,44)/t18-,21-,28-,37-/m0/s1. The molecule has 0 radical (unpaired) electrons. The Balaban J connectivity index is 1.43. The van der Waals surface area contributed by atoms with Crippen molar-refractivity contribution < 1.29 is 63.1 Å². The van der Waals surface area contributed by atoms with Crippen LogP contribution in [0.3, 0.4) is 0 Å². The van der Waals surface area contributed by atoms with E-state index in [9.17, 15) is 53.6 Å². The highest BCUT2D eigenvalue weighted by Gasteiger charge is 2.64. The van der Waals surface area contributed by atoms with Crippen molar-refractivity contribution in [1.82, 2.24) is 9.80 Å². The molecule has 3 aliphatic rings. The number of phenols is 1. The van der Waals surface area contributed by atoms with Gasteiger partial charge in [0.25, 0.3) is 5.91 Å². The summed E-state index contributed by atoms with van der Waals surface area (Å²) in [7, 11) is 6.34. The molecule has 3 amide bonds. The molecule has 1 fully saturated rings. The second kappa shape index (κ2) is 15.4. The molecule has 4 atom stereocenters. The molecule has 0 spiro atoms. The topological polar surface area (TPSA) is 250 Å². The number of carbonyl (C=O) groups excluding carboxylic acids is 6. The van der Waals surface area contributed by atoms with E-state index in [1.807, 2.05) is 0 Å². The first-order valence-electron chi connectivity index (χ1n) is 17.2. The number of anilines is 2. The first-order chi connectivity index (χ1) is 25.8. The van der Waals surface area contributed by atoms with Gasteiger partial charge in [0.1, 0.15) is 35.2 Å². The van der Waals surface area contributed by atoms with Gasteiger partial charge in [0, 0.05) is 37.8 Å². The number of esters is 1. The number of nitrogens with zero attached hydrogens (tertiary/aromatic N) is 3. The number of rotatable bonds is 11. The number of aromatic hydroxyl groups is 1. The minimum atomic E-state index is -2.83. The first kappa shape index (κ1) is 40.2. The SMILES string of the molecule is CCCN(CC(=O)Nc1cc(N(C)C)c2c(c1O)C(O)=C1C(=O)[C@]3(O)C(O)=C(C(N)=O)C(=O)[C@@H](N(C)C)[C@@H]3C[C@@H]1C2)C(=O)OCOC(=O)c1ccc(F)cc1. The third-order valence-corrected chi connectivity index (χ3v) is 9.99. The molecule has 0 saturated heterocycles. The summed E-state index contributed by atoms with van der Waals surface area (Å²) in [5, 5.41) is 48.8. The average Bonchev–Trinajstić information content (AvgIpc) is 3.10. The number of carbonyl (C=O) groups is 6. The number of likely N-dealkylation sites (N-methyl/N-ethyl adjacent to an activating group) is 1. The van der Waals surface area contributed by atoms with Crippen LogP contribution in [-0.4, -0.2) is 125 Å². The molecule has 0 heterocycles. The van der Waals surface area contributed by atoms with Gasteiger partial charge in [-0.25, -0.2) is 14.0 Å². The molecular weight excluding hydrogens is 725 g/mol. The maximum atomic E-state index is 14.2. The number of amides is 3. The van der Waals surface area contributed by atoms with Gasteiger partial charge in [0.2, 0.25) is 18.5 Å². The van der Waals surface area contributed by atoms with E-state index >= 15 is 0 Å². The van der Waals surface area contributed by atoms with Gasteiger partial charge in [0.05, 0.1) is 22.9 Å². The summed E-state index contributed by atoms with van der Waals surface area (Å²) in [6.45, 7) is 0.378. The molecule has 3 aliphatic carbocycles. The van der Waals surface area contributed by atoms with E-state index in [0.29, 0.717) is 17.7 Å². The van der Waals surface area contributed by atoms with Crippen molar-refractivity contribution in [2.75, 3.05) is 58.3 Å². The van der Waals surface area contributed by atoms with Crippen LogP contribution in [0.5, 0.6) is 5.75 Å². The average molecular weight is 768 g/mol. The number of primary amides is 1. The monoisotopic (exact) mass is 767 g/mol. The van der Waals surface area contributed by atoms with Crippen molar-refractivity contribution in [2.45, 2.75) is 37.8 Å². The van der Waals surface area contributed by atoms with Crippen molar-refractivity contribution in [2.24, 2.45) is 17.6 Å². The molecule has 0 aliphatic heterocycles. The quantitative estimate of drug-likeness (QED) is 0.0826. The lowest BCUT2D eigenvalue weighted by molar-refractivity contribution is -0.153. The van der Waals surface area contributed by atoms with Crippen molar-refractivity contribution in [1.29, 1.82) is 0 Å². The van der Waals surface area contributed by atoms with Gasteiger partial charge >= 0.3 is 12.1 Å². The summed E-state index contributed by atoms with van der Waals surface area (Å²) in [6, 6.07) is 4.69. The van der Waals surface area contributed by atoms with E-state index in [1.54, 1.807) is 25.9 Å². The van der Waals surface area contributed by atoms with Crippen LogP contribution < -0.4 is 16.0 Å². The molecule has 18 heteroatoms. The van der Waals surface area contributed by atoms with Crippen molar-refractivity contribution in [3.05, 3.63) is 69.7 Å². The number of halogens is 1. The van der Waals surface area contributed by atoms with Crippen LogP contribution in [-0.2, 0) is 35.1 Å². The Morgan fingerprint density at radius 1 is 1.04 bits per heavy atom. The van der Waals surface area contributed by atoms with Crippen LogP contribution >= 0.6 is 0 Å². The highest BCUT2D eigenvalue weighted by molar-refractivity contribution is 6.24. The molecular formula is C37H42FN5O12. The van der Waals surface area contributed by atoms with Crippen LogP contribution in [0.1, 0.15) is 41.3 Å².